The molecule has 0 aromatic heterocycles. The van der Waals surface area contributed by atoms with Crippen molar-refractivity contribution in [3.8, 4) is 0 Å². The molecule has 0 spiro atoms. The van der Waals surface area contributed by atoms with Crippen LogP contribution in [-0.2, 0) is 0 Å². The number of hydrogen-bond donors (Lipinski definition) is 0. The minimum absolute atomic E-state index is 1.09. The first-order chi connectivity index (χ1) is 2.24. The molecule has 0 nitrogen and oxygen atoms in total. The minimum atomic E-state index is -4.80. The molecular weight excluding hydrogens is 283 g/mol. The molecule has 0 N–H and O–H groups in total. The second kappa shape index (κ2) is 1.12. The topological polar surface area (TPSA) is 0 Å². The van der Waals surface area contributed by atoms with E-state index in [2.05, 4.69) is 0 Å². The molecule has 0 radical (unpaired) electrons. The van der Waals surface area contributed by atoms with Gasteiger partial charge in [0.25, 0.3) is 0 Å². The van der Waals surface area contributed by atoms with Crippen LogP contribution in [0.15, 0.2) is 0 Å². The fourth-order valence-corrected chi connectivity index (χ4v) is 0. The van der Waals surface area contributed by atoms with Gasteiger partial charge in [0, 0.05) is 0 Å². The summed E-state index contributed by atoms with van der Waals surface area (Å²) in [5.74, 6) is 0. The summed E-state index contributed by atoms with van der Waals surface area (Å²) in [4.78, 5) is 0. The Hall–Kier alpha value is 0.743. The summed E-state index contributed by atoms with van der Waals surface area (Å²) >= 11 is -4.80. The average molecular weight is 292 g/mol. The quantitative estimate of drug-likeness (QED) is 0.601. The second-order valence-corrected chi connectivity index (χ2v) is 21.2. The third-order valence-corrected chi connectivity index (χ3v) is 0. The van der Waals surface area contributed by atoms with E-state index in [1.54, 1.807) is 0 Å². The van der Waals surface area contributed by atoms with Crippen molar-refractivity contribution < 1.29 is 5.25 Å². The van der Waals surface area contributed by atoms with Gasteiger partial charge >= 0.3 is 39.1 Å². The maximum absolute atomic E-state index is 11.9. The average Bonchev–Trinajstić information content (AvgIpc) is 0.650. The Balaban J connectivity index is 3.73. The van der Waals surface area contributed by atoms with Crippen molar-refractivity contribution in [2.24, 2.45) is 0 Å². The van der Waals surface area contributed by atoms with Gasteiger partial charge in [-0.25, -0.2) is 0 Å². The normalized spacial score (nSPS) is 19.2. The van der Waals surface area contributed by atoms with Crippen LogP contribution in [0.25, 0.3) is 0 Å². The van der Waals surface area contributed by atoms with Crippen LogP contribution in [0.2, 0.25) is 13.9 Å². The molecule has 0 aromatic rings. The predicted molar refractivity (Wildman–Crippen MR) is 25.6 cm³/mol. The monoisotopic (exact) mass is 292 g/mol. The van der Waals surface area contributed by atoms with E-state index >= 15 is 0 Å². The van der Waals surface area contributed by atoms with Gasteiger partial charge in [-0.15, -0.1) is 0 Å². The second-order valence-electron chi connectivity index (χ2n) is 2.42. The van der Waals surface area contributed by atoms with E-state index in [9.17, 15) is 5.25 Å². The molecule has 6 heavy (non-hydrogen) atoms. The van der Waals surface area contributed by atoms with E-state index < -0.39 is 20.0 Å². The summed E-state index contributed by atoms with van der Waals surface area (Å²) in [5, 5.41) is 0. The first-order valence-corrected chi connectivity index (χ1v) is 14.7. The zero-order chi connectivity index (χ0) is 5.45. The van der Waals surface area contributed by atoms with Crippen molar-refractivity contribution in [1.29, 1.82) is 0 Å². The van der Waals surface area contributed by atoms with Gasteiger partial charge in [0.15, 0.2) is 0 Å². The van der Waals surface area contributed by atoms with E-state index in [4.69, 9.17) is 0 Å². The molecule has 40 valence electrons. The Morgan fingerprint density at radius 3 is 1.00 bits per heavy atom. The Bertz CT molecular complexity index is 42.0. The molecule has 0 heterocycles. The third-order valence-electron chi connectivity index (χ3n) is 0. The zero-order valence-electron chi connectivity index (χ0n) is 4.20. The molecule has 0 unspecified atom stereocenters. The summed E-state index contributed by atoms with van der Waals surface area (Å²) in [6.07, 6.45) is 0. The molecule has 0 aliphatic carbocycles. The Morgan fingerprint density at radius 2 is 1.00 bits per heavy atom. The number of rotatable bonds is 0. The van der Waals surface area contributed by atoms with Gasteiger partial charge in [-0.1, -0.05) is 0 Å². The van der Waals surface area contributed by atoms with E-state index in [-0.39, 0.29) is 0 Å². The van der Waals surface area contributed by atoms with E-state index in [1.807, 2.05) is 0 Å². The molecule has 0 saturated heterocycles. The molecule has 0 aliphatic rings. The predicted octanol–water partition coefficient (Wildman–Crippen LogP) is 2.21. The molecule has 0 amide bonds. The summed E-state index contributed by atoms with van der Waals surface area (Å²) in [5.41, 5.74) is 0. The summed E-state index contributed by atoms with van der Waals surface area (Å²) < 4.78 is 27.1. The van der Waals surface area contributed by atoms with Crippen molar-refractivity contribution in [2.45, 2.75) is 13.9 Å². The van der Waals surface area contributed by atoms with Gasteiger partial charge in [-0.2, -0.15) is 0 Å². The van der Waals surface area contributed by atoms with Crippen molar-refractivity contribution in [3.05, 3.63) is 0 Å². The van der Waals surface area contributed by atoms with Crippen molar-refractivity contribution in [3.63, 3.8) is 0 Å². The summed E-state index contributed by atoms with van der Waals surface area (Å²) in [6.45, 7) is 0. The fourth-order valence-electron chi connectivity index (χ4n) is 0. The van der Waals surface area contributed by atoms with Crippen LogP contribution in [0.1, 0.15) is 0 Å². The molecule has 0 aliphatic heterocycles. The van der Waals surface area contributed by atoms with Gasteiger partial charge < -0.3 is 0 Å². The summed E-state index contributed by atoms with van der Waals surface area (Å²) in [7, 11) is 0. The van der Waals surface area contributed by atoms with Gasteiger partial charge in [-0.3, -0.25) is 0 Å². The van der Waals surface area contributed by atoms with Crippen LogP contribution >= 0.6 is 0 Å². The molecule has 0 saturated carbocycles. The van der Waals surface area contributed by atoms with Gasteiger partial charge in [0.1, 0.15) is 0 Å². The number of hydrogen-bond acceptors (Lipinski definition) is 0. The molecule has 0 fully saturated rings. The zero-order valence-corrected chi connectivity index (χ0v) is 7.68. The van der Waals surface area contributed by atoms with Crippen molar-refractivity contribution in [1.82, 2.24) is 0 Å². The van der Waals surface area contributed by atoms with Gasteiger partial charge in [-0.05, 0) is 0 Å². The first kappa shape index (κ1) is 6.74. The van der Waals surface area contributed by atoms with Gasteiger partial charge in [0.2, 0.25) is 0 Å². The Labute approximate surface area is 39.4 Å². The first-order valence-electron chi connectivity index (χ1n) is 1.68. The van der Waals surface area contributed by atoms with Crippen molar-refractivity contribution >= 4 is 20.0 Å². The van der Waals surface area contributed by atoms with Crippen LogP contribution < -0.4 is 0 Å². The van der Waals surface area contributed by atoms with Crippen LogP contribution in [0, 0.1) is 0 Å². The standard InChI is InChI=1S/3CH3.Bi.2FH/h3*1H3;;2*1H/q;;;+2;;/p-2. The molecule has 0 bridgehead atoms. The van der Waals surface area contributed by atoms with Crippen LogP contribution in [-0.4, -0.2) is 20.0 Å². The summed E-state index contributed by atoms with van der Waals surface area (Å²) in [6, 6.07) is 0. The number of halogens is 2. The SMILES string of the molecule is [CH3][Bi]([CH3])([CH3])([F])[F]. The fraction of sp³-hybridized carbons (Fsp3) is 1.00. The molecule has 0 atom stereocenters. The van der Waals surface area contributed by atoms with E-state index in [0.29, 0.717) is 0 Å². The van der Waals surface area contributed by atoms with Crippen LogP contribution in [0.3, 0.4) is 0 Å². The molecule has 0 aromatic carbocycles. The molecular formula is C3H9BiF2. The van der Waals surface area contributed by atoms with E-state index in [1.165, 1.54) is 0 Å². The van der Waals surface area contributed by atoms with Crippen LogP contribution in [0.5, 0.6) is 0 Å². The van der Waals surface area contributed by atoms with Crippen LogP contribution in [0.4, 0.5) is 5.25 Å². The van der Waals surface area contributed by atoms with Gasteiger partial charge in [0.05, 0.1) is 0 Å². The third kappa shape index (κ3) is 120. The molecule has 3 heteroatoms. The molecule has 0 rings (SSSR count). The maximum atomic E-state index is 11.9. The van der Waals surface area contributed by atoms with E-state index in [0.717, 1.165) is 13.9 Å². The van der Waals surface area contributed by atoms with Crippen molar-refractivity contribution in [2.75, 3.05) is 0 Å². The Morgan fingerprint density at radius 1 is 1.00 bits per heavy atom. The Kier molecular flexibility index (Phi) is 1.26.